The highest BCUT2D eigenvalue weighted by Crippen LogP contribution is 2.16. The quantitative estimate of drug-likeness (QED) is 0.485. The summed E-state index contributed by atoms with van der Waals surface area (Å²) >= 11 is 1.56. The zero-order valence-electron chi connectivity index (χ0n) is 8.99. The normalized spacial score (nSPS) is 10.8. The van der Waals surface area contributed by atoms with Gasteiger partial charge in [-0.2, -0.15) is 0 Å². The number of H-pyrrole nitrogens is 1. The zero-order chi connectivity index (χ0) is 11.5. The van der Waals surface area contributed by atoms with Gasteiger partial charge in [0, 0.05) is 11.4 Å². The number of aromatic nitrogens is 2. The Morgan fingerprint density at radius 3 is 3.06 bits per heavy atom. The molecule has 0 spiro atoms. The molecule has 5 heteroatoms. The fourth-order valence-electron chi connectivity index (χ4n) is 1.40. The van der Waals surface area contributed by atoms with Gasteiger partial charge in [-0.05, 0) is 24.6 Å². The zero-order valence-corrected chi connectivity index (χ0v) is 9.80. The number of thioether (sulfide) groups is 1. The molecule has 0 atom stereocenters. The van der Waals surface area contributed by atoms with E-state index in [-0.39, 0.29) is 5.56 Å². The highest BCUT2D eigenvalue weighted by atomic mass is 32.2. The van der Waals surface area contributed by atoms with Crippen LogP contribution in [0.3, 0.4) is 0 Å². The maximum Gasteiger partial charge on any atom is 0.259 e. The second-order valence-electron chi connectivity index (χ2n) is 3.50. The SMILES string of the molecule is CCCSc1nc2ccc(N)cc2c(=O)[nH]1. The Hall–Kier alpha value is -1.49. The summed E-state index contributed by atoms with van der Waals surface area (Å²) in [6, 6.07) is 5.17. The minimum Gasteiger partial charge on any atom is -0.399 e. The van der Waals surface area contributed by atoms with Crippen LogP contribution in [0.4, 0.5) is 5.69 Å². The van der Waals surface area contributed by atoms with Crippen molar-refractivity contribution in [2.45, 2.75) is 18.5 Å². The number of fused-ring (bicyclic) bond motifs is 1. The van der Waals surface area contributed by atoms with Crippen molar-refractivity contribution in [2.75, 3.05) is 11.5 Å². The highest BCUT2D eigenvalue weighted by Gasteiger charge is 2.04. The maximum absolute atomic E-state index is 11.8. The van der Waals surface area contributed by atoms with Crippen LogP contribution in [0.25, 0.3) is 10.9 Å². The third kappa shape index (κ3) is 2.19. The van der Waals surface area contributed by atoms with Gasteiger partial charge in [-0.3, -0.25) is 4.79 Å². The Morgan fingerprint density at radius 1 is 1.50 bits per heavy atom. The Bertz CT molecular complexity index is 565. The summed E-state index contributed by atoms with van der Waals surface area (Å²) < 4.78 is 0. The number of nitrogens with one attached hydrogen (secondary N) is 1. The van der Waals surface area contributed by atoms with E-state index in [1.807, 2.05) is 0 Å². The standard InChI is InChI=1S/C11H13N3OS/c1-2-5-16-11-13-9-4-3-7(12)6-8(9)10(15)14-11/h3-4,6H,2,5,12H2,1H3,(H,13,14,15). The van der Waals surface area contributed by atoms with Crippen LogP contribution in [-0.2, 0) is 0 Å². The van der Waals surface area contributed by atoms with E-state index in [9.17, 15) is 4.79 Å². The summed E-state index contributed by atoms with van der Waals surface area (Å²) in [6.07, 6.45) is 1.05. The fraction of sp³-hybridized carbons (Fsp3) is 0.273. The number of nitrogens with zero attached hydrogens (tertiary/aromatic N) is 1. The Kier molecular flexibility index (Phi) is 3.14. The van der Waals surface area contributed by atoms with E-state index in [1.54, 1.807) is 30.0 Å². The Labute approximate surface area is 97.3 Å². The molecule has 16 heavy (non-hydrogen) atoms. The van der Waals surface area contributed by atoms with Gasteiger partial charge in [-0.1, -0.05) is 18.7 Å². The number of anilines is 1. The third-order valence-electron chi connectivity index (χ3n) is 2.15. The van der Waals surface area contributed by atoms with Crippen LogP contribution in [0, 0.1) is 0 Å². The van der Waals surface area contributed by atoms with E-state index in [0.717, 1.165) is 12.2 Å². The number of aromatic amines is 1. The first-order chi connectivity index (χ1) is 7.70. The molecule has 0 aliphatic rings. The molecule has 0 aliphatic heterocycles. The molecule has 4 nitrogen and oxygen atoms in total. The lowest BCUT2D eigenvalue weighted by Gasteiger charge is -2.02. The Morgan fingerprint density at radius 2 is 2.31 bits per heavy atom. The molecule has 0 fully saturated rings. The molecule has 0 saturated heterocycles. The van der Waals surface area contributed by atoms with Crippen molar-refractivity contribution in [3.05, 3.63) is 28.6 Å². The average molecular weight is 235 g/mol. The van der Waals surface area contributed by atoms with Crippen LogP contribution in [0.15, 0.2) is 28.2 Å². The number of nitrogens with two attached hydrogens (primary N) is 1. The molecule has 0 amide bonds. The van der Waals surface area contributed by atoms with Gasteiger partial charge in [0.15, 0.2) is 5.16 Å². The van der Waals surface area contributed by atoms with Crippen LogP contribution in [-0.4, -0.2) is 15.7 Å². The van der Waals surface area contributed by atoms with Crippen LogP contribution in [0.5, 0.6) is 0 Å². The fourth-order valence-corrected chi connectivity index (χ4v) is 2.13. The monoisotopic (exact) mass is 235 g/mol. The van der Waals surface area contributed by atoms with Crippen LogP contribution < -0.4 is 11.3 Å². The topological polar surface area (TPSA) is 71.8 Å². The molecule has 2 rings (SSSR count). The molecular weight excluding hydrogens is 222 g/mol. The third-order valence-corrected chi connectivity index (χ3v) is 3.23. The molecule has 0 unspecified atom stereocenters. The van der Waals surface area contributed by atoms with E-state index < -0.39 is 0 Å². The molecule has 0 radical (unpaired) electrons. The van der Waals surface area contributed by atoms with Gasteiger partial charge >= 0.3 is 0 Å². The summed E-state index contributed by atoms with van der Waals surface area (Å²) in [5.74, 6) is 0.948. The van der Waals surface area contributed by atoms with Crippen molar-refractivity contribution >= 4 is 28.4 Å². The molecular formula is C11H13N3OS. The maximum atomic E-state index is 11.8. The van der Waals surface area contributed by atoms with Gasteiger partial charge in [0.2, 0.25) is 0 Å². The summed E-state index contributed by atoms with van der Waals surface area (Å²) in [5, 5.41) is 1.21. The van der Waals surface area contributed by atoms with Gasteiger partial charge in [-0.15, -0.1) is 0 Å². The van der Waals surface area contributed by atoms with Crippen molar-refractivity contribution in [3.63, 3.8) is 0 Å². The lowest BCUT2D eigenvalue weighted by Crippen LogP contribution is -2.09. The van der Waals surface area contributed by atoms with E-state index in [0.29, 0.717) is 21.7 Å². The van der Waals surface area contributed by atoms with Gasteiger partial charge in [0.1, 0.15) is 0 Å². The number of nitrogen functional groups attached to an aromatic ring is 1. The number of benzene rings is 1. The Balaban J connectivity index is 2.51. The summed E-state index contributed by atoms with van der Waals surface area (Å²) in [6.45, 7) is 2.09. The first kappa shape index (κ1) is 11.0. The number of rotatable bonds is 3. The van der Waals surface area contributed by atoms with Crippen molar-refractivity contribution in [1.82, 2.24) is 9.97 Å². The van der Waals surface area contributed by atoms with Gasteiger partial charge in [0.05, 0.1) is 10.9 Å². The second kappa shape index (κ2) is 4.57. The van der Waals surface area contributed by atoms with Gasteiger partial charge < -0.3 is 10.7 Å². The highest BCUT2D eigenvalue weighted by molar-refractivity contribution is 7.99. The van der Waals surface area contributed by atoms with E-state index in [1.165, 1.54) is 0 Å². The molecule has 0 aliphatic carbocycles. The van der Waals surface area contributed by atoms with E-state index in [4.69, 9.17) is 5.73 Å². The first-order valence-electron chi connectivity index (χ1n) is 5.13. The predicted molar refractivity (Wildman–Crippen MR) is 67.8 cm³/mol. The van der Waals surface area contributed by atoms with Crippen molar-refractivity contribution in [2.24, 2.45) is 0 Å². The summed E-state index contributed by atoms with van der Waals surface area (Å²) in [7, 11) is 0. The second-order valence-corrected chi connectivity index (χ2v) is 4.58. The largest absolute Gasteiger partial charge is 0.399 e. The molecule has 1 aromatic heterocycles. The molecule has 2 aromatic rings. The molecule has 0 saturated carbocycles. The number of hydrogen-bond donors (Lipinski definition) is 2. The smallest absolute Gasteiger partial charge is 0.259 e. The molecule has 1 heterocycles. The lowest BCUT2D eigenvalue weighted by molar-refractivity contribution is 0.968. The van der Waals surface area contributed by atoms with Crippen LogP contribution in [0.1, 0.15) is 13.3 Å². The van der Waals surface area contributed by atoms with Crippen molar-refractivity contribution < 1.29 is 0 Å². The first-order valence-corrected chi connectivity index (χ1v) is 6.11. The number of hydrogen-bond acceptors (Lipinski definition) is 4. The van der Waals surface area contributed by atoms with Gasteiger partial charge in [-0.25, -0.2) is 4.98 Å². The average Bonchev–Trinajstić information content (AvgIpc) is 2.27. The van der Waals surface area contributed by atoms with Gasteiger partial charge in [0.25, 0.3) is 5.56 Å². The summed E-state index contributed by atoms with van der Waals surface area (Å²) in [5.41, 5.74) is 6.77. The molecule has 3 N–H and O–H groups in total. The van der Waals surface area contributed by atoms with E-state index in [2.05, 4.69) is 16.9 Å². The molecule has 1 aromatic carbocycles. The van der Waals surface area contributed by atoms with E-state index >= 15 is 0 Å². The van der Waals surface area contributed by atoms with Crippen LogP contribution >= 0.6 is 11.8 Å². The molecule has 84 valence electrons. The molecule has 0 bridgehead atoms. The lowest BCUT2D eigenvalue weighted by atomic mass is 10.2. The van der Waals surface area contributed by atoms with Crippen molar-refractivity contribution in [3.8, 4) is 0 Å². The van der Waals surface area contributed by atoms with Crippen LogP contribution in [0.2, 0.25) is 0 Å². The minimum absolute atomic E-state index is 0.129. The summed E-state index contributed by atoms with van der Waals surface area (Å²) in [4.78, 5) is 18.9. The van der Waals surface area contributed by atoms with Crippen molar-refractivity contribution in [1.29, 1.82) is 0 Å². The minimum atomic E-state index is -0.129. The predicted octanol–water partition coefficient (Wildman–Crippen LogP) is 2.01.